The molecule has 0 unspecified atom stereocenters. The van der Waals surface area contributed by atoms with E-state index in [0.29, 0.717) is 6.61 Å². The Morgan fingerprint density at radius 2 is 1.62 bits per heavy atom. The first-order valence-electron chi connectivity index (χ1n) is 9.10. The summed E-state index contributed by atoms with van der Waals surface area (Å²) in [5.41, 5.74) is 4.95. The summed E-state index contributed by atoms with van der Waals surface area (Å²) in [4.78, 5) is 12.2. The fourth-order valence-electron chi connectivity index (χ4n) is 3.26. The van der Waals surface area contributed by atoms with Crippen molar-refractivity contribution in [3.05, 3.63) is 59.7 Å². The molecule has 0 bridgehead atoms. The highest BCUT2D eigenvalue weighted by Gasteiger charge is 2.29. The first-order chi connectivity index (χ1) is 12.3. The second-order valence-corrected chi connectivity index (χ2v) is 9.64. The Morgan fingerprint density at radius 3 is 2.15 bits per heavy atom. The first kappa shape index (κ1) is 18.8. The van der Waals surface area contributed by atoms with E-state index in [-0.39, 0.29) is 22.8 Å². The monoisotopic (exact) mass is 369 g/mol. The van der Waals surface area contributed by atoms with Gasteiger partial charge in [-0.1, -0.05) is 69.3 Å². The zero-order chi connectivity index (χ0) is 18.7. The van der Waals surface area contributed by atoms with E-state index in [1.165, 1.54) is 22.3 Å². The normalized spacial score (nSPS) is 14.5. The van der Waals surface area contributed by atoms with Crippen molar-refractivity contribution in [1.82, 2.24) is 5.32 Å². The highest BCUT2D eigenvalue weighted by molar-refractivity contribution is 8.00. The summed E-state index contributed by atoms with van der Waals surface area (Å²) in [6.45, 7) is 8.91. The zero-order valence-corrected chi connectivity index (χ0v) is 16.7. The van der Waals surface area contributed by atoms with Crippen LogP contribution in [0, 0.1) is 0 Å². The van der Waals surface area contributed by atoms with Gasteiger partial charge in [-0.15, -0.1) is 0 Å². The van der Waals surface area contributed by atoms with E-state index in [1.807, 2.05) is 30.8 Å². The molecule has 0 saturated carbocycles. The number of hydrogen-bond donors (Lipinski definition) is 1. The molecule has 2 aromatic carbocycles. The summed E-state index contributed by atoms with van der Waals surface area (Å²) >= 11 is 1.84. The molecule has 1 amide bonds. The summed E-state index contributed by atoms with van der Waals surface area (Å²) in [7, 11) is 0. The zero-order valence-electron chi connectivity index (χ0n) is 15.9. The fraction of sp³-hybridized carbons (Fsp3) is 0.409. The van der Waals surface area contributed by atoms with Crippen LogP contribution in [0.2, 0.25) is 0 Å². The summed E-state index contributed by atoms with van der Waals surface area (Å²) in [6, 6.07) is 16.8. The van der Waals surface area contributed by atoms with E-state index in [1.54, 1.807) is 0 Å². The van der Waals surface area contributed by atoms with Gasteiger partial charge in [-0.25, -0.2) is 4.79 Å². The molecule has 1 N–H and O–H groups in total. The average Bonchev–Trinajstić information content (AvgIpc) is 2.92. The smallest absolute Gasteiger partial charge is 0.407 e. The lowest BCUT2D eigenvalue weighted by Crippen LogP contribution is -2.36. The van der Waals surface area contributed by atoms with Gasteiger partial charge in [0.1, 0.15) is 6.61 Å². The number of nitrogens with one attached hydrogen (secondary N) is 1. The van der Waals surface area contributed by atoms with Crippen LogP contribution in [0.4, 0.5) is 4.79 Å². The second kappa shape index (κ2) is 7.75. The molecule has 0 aliphatic heterocycles. The fourth-order valence-corrected chi connectivity index (χ4v) is 4.09. The molecule has 1 aliphatic carbocycles. The predicted octanol–water partition coefficient (Wildman–Crippen LogP) is 5.45. The average molecular weight is 370 g/mol. The molecule has 3 rings (SSSR count). The minimum absolute atomic E-state index is 0.0786. The van der Waals surface area contributed by atoms with Crippen molar-refractivity contribution in [3.63, 3.8) is 0 Å². The molecular weight excluding hydrogens is 342 g/mol. The summed E-state index contributed by atoms with van der Waals surface area (Å²) in [5.74, 6) is 0.973. The number of rotatable bonds is 5. The third-order valence-corrected chi connectivity index (χ3v) is 6.01. The van der Waals surface area contributed by atoms with Crippen LogP contribution in [0.15, 0.2) is 48.5 Å². The minimum Gasteiger partial charge on any atom is -0.449 e. The van der Waals surface area contributed by atoms with Crippen molar-refractivity contribution in [3.8, 4) is 11.1 Å². The van der Waals surface area contributed by atoms with Gasteiger partial charge in [0.25, 0.3) is 0 Å². The molecule has 0 fully saturated rings. The highest BCUT2D eigenvalue weighted by Crippen LogP contribution is 2.44. The van der Waals surface area contributed by atoms with Gasteiger partial charge in [0.05, 0.1) is 0 Å². The van der Waals surface area contributed by atoms with Gasteiger partial charge in [0, 0.05) is 22.5 Å². The molecule has 0 saturated heterocycles. The van der Waals surface area contributed by atoms with Gasteiger partial charge in [0.15, 0.2) is 0 Å². The molecular formula is C22H27NO2S. The van der Waals surface area contributed by atoms with Gasteiger partial charge >= 0.3 is 6.09 Å². The van der Waals surface area contributed by atoms with E-state index in [2.05, 4.69) is 62.5 Å². The Hall–Kier alpha value is -1.94. The Kier molecular flexibility index (Phi) is 5.61. The SMILES string of the molecule is C[C@H](CSC(C)(C)C)NC(=O)OCC1c2ccccc2-c2ccccc21. The third kappa shape index (κ3) is 4.42. The number of thioether (sulfide) groups is 1. The van der Waals surface area contributed by atoms with Crippen LogP contribution in [-0.2, 0) is 4.74 Å². The maximum Gasteiger partial charge on any atom is 0.407 e. The highest BCUT2D eigenvalue weighted by atomic mass is 32.2. The van der Waals surface area contributed by atoms with Gasteiger partial charge in [-0.05, 0) is 29.2 Å². The molecule has 0 spiro atoms. The molecule has 0 radical (unpaired) electrons. The van der Waals surface area contributed by atoms with Crippen LogP contribution in [0.3, 0.4) is 0 Å². The molecule has 3 nitrogen and oxygen atoms in total. The summed E-state index contributed by atoms with van der Waals surface area (Å²) in [5, 5.41) is 2.94. The van der Waals surface area contributed by atoms with Crippen LogP contribution in [0.25, 0.3) is 11.1 Å². The number of amides is 1. The van der Waals surface area contributed by atoms with Crippen molar-refractivity contribution >= 4 is 17.9 Å². The van der Waals surface area contributed by atoms with E-state index in [0.717, 1.165) is 5.75 Å². The molecule has 0 heterocycles. The quantitative estimate of drug-likeness (QED) is 0.762. The number of carbonyl (C=O) groups is 1. The minimum atomic E-state index is -0.339. The van der Waals surface area contributed by atoms with Gasteiger partial charge < -0.3 is 10.1 Å². The topological polar surface area (TPSA) is 38.3 Å². The largest absolute Gasteiger partial charge is 0.449 e. The van der Waals surface area contributed by atoms with E-state index >= 15 is 0 Å². The van der Waals surface area contributed by atoms with Gasteiger partial charge in [-0.3, -0.25) is 0 Å². The standard InChI is InChI=1S/C22H27NO2S/c1-15(14-26-22(2,3)4)23-21(24)25-13-20-18-11-7-5-9-16(18)17-10-6-8-12-19(17)20/h5-12,15,20H,13-14H2,1-4H3,(H,23,24)/t15-/m1/s1. The van der Waals surface area contributed by atoms with Crippen LogP contribution < -0.4 is 5.32 Å². The lowest BCUT2D eigenvalue weighted by atomic mass is 9.98. The van der Waals surface area contributed by atoms with Gasteiger partial charge in [-0.2, -0.15) is 11.8 Å². The maximum atomic E-state index is 12.2. The maximum absolute atomic E-state index is 12.2. The van der Waals surface area contributed by atoms with Crippen molar-refractivity contribution in [2.45, 2.75) is 44.4 Å². The van der Waals surface area contributed by atoms with E-state index < -0.39 is 0 Å². The number of alkyl carbamates (subject to hydrolysis) is 1. The van der Waals surface area contributed by atoms with Crippen LogP contribution in [0.5, 0.6) is 0 Å². The van der Waals surface area contributed by atoms with Crippen molar-refractivity contribution < 1.29 is 9.53 Å². The molecule has 1 atom stereocenters. The Labute approximate surface area is 160 Å². The van der Waals surface area contributed by atoms with E-state index in [4.69, 9.17) is 4.74 Å². The van der Waals surface area contributed by atoms with E-state index in [9.17, 15) is 4.79 Å². The molecule has 4 heteroatoms. The van der Waals surface area contributed by atoms with Crippen LogP contribution in [0.1, 0.15) is 44.7 Å². The predicted molar refractivity (Wildman–Crippen MR) is 110 cm³/mol. The number of ether oxygens (including phenoxy) is 1. The number of benzene rings is 2. The molecule has 1 aliphatic rings. The lowest BCUT2D eigenvalue weighted by molar-refractivity contribution is 0.140. The molecule has 138 valence electrons. The molecule has 0 aromatic heterocycles. The Bertz CT molecular complexity index is 736. The number of hydrogen-bond acceptors (Lipinski definition) is 3. The van der Waals surface area contributed by atoms with Crippen molar-refractivity contribution in [2.75, 3.05) is 12.4 Å². The van der Waals surface area contributed by atoms with Crippen molar-refractivity contribution in [1.29, 1.82) is 0 Å². The molecule has 2 aromatic rings. The second-order valence-electron chi connectivity index (χ2n) is 7.79. The van der Waals surface area contributed by atoms with Crippen LogP contribution in [-0.4, -0.2) is 29.2 Å². The molecule has 26 heavy (non-hydrogen) atoms. The lowest BCUT2D eigenvalue weighted by Gasteiger charge is -2.21. The van der Waals surface area contributed by atoms with Crippen LogP contribution >= 0.6 is 11.8 Å². The number of carbonyl (C=O) groups excluding carboxylic acids is 1. The Balaban J connectivity index is 1.60. The first-order valence-corrected chi connectivity index (χ1v) is 10.1. The van der Waals surface area contributed by atoms with Crippen molar-refractivity contribution in [2.24, 2.45) is 0 Å². The Morgan fingerprint density at radius 1 is 1.08 bits per heavy atom. The van der Waals surface area contributed by atoms with Gasteiger partial charge in [0.2, 0.25) is 0 Å². The number of fused-ring (bicyclic) bond motifs is 3. The summed E-state index contributed by atoms with van der Waals surface area (Å²) < 4.78 is 5.77. The third-order valence-electron chi connectivity index (χ3n) is 4.47. The summed E-state index contributed by atoms with van der Waals surface area (Å²) in [6.07, 6.45) is -0.339.